The molecule has 0 heterocycles. The summed E-state index contributed by atoms with van der Waals surface area (Å²) >= 11 is 0. The SMILES string of the molecule is C#CCC(NC(=O)C[C@H](C)NC(=O)OCC1c2ccccc2-c2ccccc21)C(=O)O. The molecule has 31 heavy (non-hydrogen) atoms. The highest BCUT2D eigenvalue weighted by atomic mass is 16.5. The fourth-order valence-corrected chi connectivity index (χ4v) is 3.74. The quantitative estimate of drug-likeness (QED) is 0.570. The fraction of sp³-hybridized carbons (Fsp3) is 0.292. The van der Waals surface area contributed by atoms with Crippen molar-refractivity contribution in [2.75, 3.05) is 6.61 Å². The van der Waals surface area contributed by atoms with Gasteiger partial charge in [0, 0.05) is 24.8 Å². The van der Waals surface area contributed by atoms with Crippen LogP contribution >= 0.6 is 0 Å². The normalized spacial score (nSPS) is 13.8. The van der Waals surface area contributed by atoms with Gasteiger partial charge in [-0.2, -0.15) is 0 Å². The fourth-order valence-electron chi connectivity index (χ4n) is 3.74. The first kappa shape index (κ1) is 21.9. The molecule has 160 valence electrons. The van der Waals surface area contributed by atoms with E-state index in [-0.39, 0.29) is 25.4 Å². The molecule has 3 N–H and O–H groups in total. The van der Waals surface area contributed by atoms with E-state index in [0.717, 1.165) is 22.3 Å². The number of nitrogens with one attached hydrogen (secondary N) is 2. The molecule has 1 aliphatic rings. The van der Waals surface area contributed by atoms with Crippen LogP contribution in [0.1, 0.15) is 36.8 Å². The summed E-state index contributed by atoms with van der Waals surface area (Å²) in [5, 5.41) is 14.0. The maximum atomic E-state index is 12.3. The molecule has 2 atom stereocenters. The van der Waals surface area contributed by atoms with Gasteiger partial charge in [-0.1, -0.05) is 48.5 Å². The molecule has 0 aromatic heterocycles. The van der Waals surface area contributed by atoms with Gasteiger partial charge in [0.2, 0.25) is 5.91 Å². The molecule has 7 nitrogen and oxygen atoms in total. The van der Waals surface area contributed by atoms with Crippen molar-refractivity contribution in [1.82, 2.24) is 10.6 Å². The summed E-state index contributed by atoms with van der Waals surface area (Å²) < 4.78 is 5.45. The predicted octanol–water partition coefficient (Wildman–Crippen LogP) is 2.90. The van der Waals surface area contributed by atoms with E-state index in [1.54, 1.807) is 6.92 Å². The third kappa shape index (κ3) is 5.23. The molecule has 0 fully saturated rings. The monoisotopic (exact) mass is 420 g/mol. The van der Waals surface area contributed by atoms with Gasteiger partial charge in [0.25, 0.3) is 0 Å². The number of carboxylic acids is 1. The lowest BCUT2D eigenvalue weighted by atomic mass is 9.98. The van der Waals surface area contributed by atoms with Gasteiger partial charge in [0.15, 0.2) is 0 Å². The van der Waals surface area contributed by atoms with Gasteiger partial charge in [-0.15, -0.1) is 12.3 Å². The zero-order chi connectivity index (χ0) is 22.4. The number of rotatable bonds is 8. The van der Waals surface area contributed by atoms with Crippen LogP contribution in [0.15, 0.2) is 48.5 Å². The van der Waals surface area contributed by atoms with Crippen molar-refractivity contribution >= 4 is 18.0 Å². The van der Waals surface area contributed by atoms with Crippen LogP contribution in [0.2, 0.25) is 0 Å². The Morgan fingerprint density at radius 1 is 1.06 bits per heavy atom. The molecule has 0 spiro atoms. The van der Waals surface area contributed by atoms with Gasteiger partial charge in [0.05, 0.1) is 0 Å². The third-order valence-corrected chi connectivity index (χ3v) is 5.15. The molecule has 2 aromatic rings. The van der Waals surface area contributed by atoms with Crippen molar-refractivity contribution < 1.29 is 24.2 Å². The minimum atomic E-state index is -1.21. The molecule has 2 amide bonds. The molecule has 2 aromatic carbocycles. The van der Waals surface area contributed by atoms with E-state index in [4.69, 9.17) is 16.3 Å². The average molecular weight is 420 g/mol. The second-order valence-corrected chi connectivity index (χ2v) is 7.44. The number of alkyl carbamates (subject to hydrolysis) is 1. The van der Waals surface area contributed by atoms with Crippen LogP contribution in [-0.2, 0) is 14.3 Å². The average Bonchev–Trinajstić information content (AvgIpc) is 3.05. The zero-order valence-electron chi connectivity index (χ0n) is 17.1. The van der Waals surface area contributed by atoms with Crippen LogP contribution in [0, 0.1) is 12.3 Å². The number of terminal acetylenes is 1. The summed E-state index contributed by atoms with van der Waals surface area (Å²) in [7, 11) is 0. The highest BCUT2D eigenvalue weighted by Crippen LogP contribution is 2.44. The number of aliphatic carboxylic acids is 1. The van der Waals surface area contributed by atoms with E-state index in [0.29, 0.717) is 0 Å². The van der Waals surface area contributed by atoms with Crippen LogP contribution < -0.4 is 10.6 Å². The summed E-state index contributed by atoms with van der Waals surface area (Å²) in [4.78, 5) is 35.4. The molecule has 0 saturated carbocycles. The lowest BCUT2D eigenvalue weighted by Crippen LogP contribution is -2.44. The summed E-state index contributed by atoms with van der Waals surface area (Å²) in [5.74, 6) is 0.429. The van der Waals surface area contributed by atoms with Crippen molar-refractivity contribution in [2.45, 2.75) is 37.8 Å². The number of benzene rings is 2. The summed E-state index contributed by atoms with van der Waals surface area (Å²) in [6.45, 7) is 1.81. The van der Waals surface area contributed by atoms with Crippen molar-refractivity contribution in [2.24, 2.45) is 0 Å². The molecular weight excluding hydrogens is 396 g/mol. The van der Waals surface area contributed by atoms with E-state index in [9.17, 15) is 14.4 Å². The topological polar surface area (TPSA) is 105 Å². The molecule has 0 bridgehead atoms. The second-order valence-electron chi connectivity index (χ2n) is 7.44. The van der Waals surface area contributed by atoms with Gasteiger partial charge in [-0.3, -0.25) is 4.79 Å². The van der Waals surface area contributed by atoms with Crippen molar-refractivity contribution in [1.29, 1.82) is 0 Å². The molecule has 0 saturated heterocycles. The summed E-state index contributed by atoms with van der Waals surface area (Å²) in [6, 6.07) is 14.4. The Morgan fingerprint density at radius 2 is 1.65 bits per heavy atom. The van der Waals surface area contributed by atoms with E-state index in [2.05, 4.69) is 28.7 Å². The van der Waals surface area contributed by atoms with E-state index in [1.165, 1.54) is 0 Å². The Hall–Kier alpha value is -3.79. The standard InChI is InChI=1S/C24H24N2O5/c1-3-8-21(23(28)29)26-22(27)13-15(2)25-24(30)31-14-20-18-11-6-4-9-16(18)17-10-5-7-12-19(17)20/h1,4-7,9-12,15,20-21H,8,13-14H2,2H3,(H,25,30)(H,26,27)(H,28,29)/t15-,21?/m0/s1. The lowest BCUT2D eigenvalue weighted by molar-refractivity contribution is -0.141. The Kier molecular flexibility index (Phi) is 6.93. The minimum absolute atomic E-state index is 0.0585. The Balaban J connectivity index is 1.53. The third-order valence-electron chi connectivity index (χ3n) is 5.15. The highest BCUT2D eigenvalue weighted by molar-refractivity contribution is 5.84. The van der Waals surface area contributed by atoms with Gasteiger partial charge in [-0.05, 0) is 29.2 Å². The van der Waals surface area contributed by atoms with Crippen LogP contribution in [-0.4, -0.2) is 41.8 Å². The molecule has 0 aliphatic heterocycles. The molecule has 0 radical (unpaired) electrons. The van der Waals surface area contributed by atoms with Crippen molar-refractivity contribution in [3.8, 4) is 23.5 Å². The number of ether oxygens (including phenoxy) is 1. The van der Waals surface area contributed by atoms with Gasteiger partial charge < -0.3 is 20.5 Å². The minimum Gasteiger partial charge on any atom is -0.480 e. The molecule has 3 rings (SSSR count). The van der Waals surface area contributed by atoms with Crippen molar-refractivity contribution in [3.05, 3.63) is 59.7 Å². The van der Waals surface area contributed by atoms with Crippen molar-refractivity contribution in [3.63, 3.8) is 0 Å². The molecular formula is C24H24N2O5. The maximum Gasteiger partial charge on any atom is 0.407 e. The molecule has 1 aliphatic carbocycles. The smallest absolute Gasteiger partial charge is 0.407 e. The van der Waals surface area contributed by atoms with Gasteiger partial charge >= 0.3 is 12.1 Å². The first-order valence-corrected chi connectivity index (χ1v) is 9.97. The Bertz CT molecular complexity index is 981. The predicted molar refractivity (Wildman–Crippen MR) is 115 cm³/mol. The number of hydrogen-bond acceptors (Lipinski definition) is 4. The van der Waals surface area contributed by atoms with Crippen LogP contribution in [0.25, 0.3) is 11.1 Å². The first-order valence-electron chi connectivity index (χ1n) is 9.97. The number of amides is 2. The number of carboxylic acid groups (broad SMARTS) is 1. The Labute approximate surface area is 180 Å². The molecule has 7 heteroatoms. The first-order chi connectivity index (χ1) is 14.9. The number of carbonyl (C=O) groups is 3. The van der Waals surface area contributed by atoms with E-state index < -0.39 is 30.1 Å². The number of fused-ring (bicyclic) bond motifs is 3. The lowest BCUT2D eigenvalue weighted by Gasteiger charge is -2.18. The summed E-state index contributed by atoms with van der Waals surface area (Å²) in [5.41, 5.74) is 4.49. The van der Waals surface area contributed by atoms with Crippen LogP contribution in [0.4, 0.5) is 4.79 Å². The van der Waals surface area contributed by atoms with Crippen LogP contribution in [0.3, 0.4) is 0 Å². The highest BCUT2D eigenvalue weighted by Gasteiger charge is 2.29. The van der Waals surface area contributed by atoms with Gasteiger partial charge in [-0.25, -0.2) is 9.59 Å². The van der Waals surface area contributed by atoms with E-state index >= 15 is 0 Å². The largest absolute Gasteiger partial charge is 0.480 e. The number of carbonyl (C=O) groups excluding carboxylic acids is 2. The Morgan fingerprint density at radius 3 is 2.19 bits per heavy atom. The van der Waals surface area contributed by atoms with E-state index in [1.807, 2.05) is 36.4 Å². The van der Waals surface area contributed by atoms with Crippen LogP contribution in [0.5, 0.6) is 0 Å². The van der Waals surface area contributed by atoms with Gasteiger partial charge in [0.1, 0.15) is 12.6 Å². The maximum absolute atomic E-state index is 12.3. The molecule has 1 unspecified atom stereocenters. The zero-order valence-corrected chi connectivity index (χ0v) is 17.1. The number of hydrogen-bond donors (Lipinski definition) is 3. The second kappa shape index (κ2) is 9.81. The summed E-state index contributed by atoms with van der Waals surface area (Å²) in [6.07, 6.45) is 4.26.